The maximum absolute atomic E-state index is 11.9. The molecule has 1 aliphatic heterocycles. The van der Waals surface area contributed by atoms with Crippen LogP contribution >= 0.6 is 0 Å². The van der Waals surface area contributed by atoms with Gasteiger partial charge in [0.25, 0.3) is 0 Å². The van der Waals surface area contributed by atoms with E-state index in [0.717, 1.165) is 35.1 Å². The standard InChI is InChI=1S/C43H36O8/c44-29-18-28-32(25-11-6-12-30-31(25)26-16-15-22-24(43(26)51-30)14-13-20-17-27(20)22)35-36(40(48)42(50)41(49)39(35)47)33(34(28)38(46)37(29)45)23-10-5-4-9-21(23)19-7-2-1-3-8-19/h1-3,6-16,18,20,26-27,37-38,41-50H,4-5,17H2. The van der Waals surface area contributed by atoms with E-state index in [1.54, 1.807) is 0 Å². The fourth-order valence-corrected chi connectivity index (χ4v) is 9.30. The van der Waals surface area contributed by atoms with Gasteiger partial charge in [0.1, 0.15) is 53.5 Å². The summed E-state index contributed by atoms with van der Waals surface area (Å²) in [5.74, 6) is -0.109. The molecule has 6 aliphatic carbocycles. The van der Waals surface area contributed by atoms with Gasteiger partial charge in [-0.05, 0) is 87.8 Å². The summed E-state index contributed by atoms with van der Waals surface area (Å²) in [6, 6.07) is 15.2. The number of hydrogen-bond acceptors (Lipinski definition) is 8. The Balaban J connectivity index is 1.31. The molecule has 0 amide bonds. The number of aliphatic hydroxyl groups is 7. The number of allylic oxidation sites excluding steroid dienone is 7. The van der Waals surface area contributed by atoms with Crippen molar-refractivity contribution >= 4 is 28.7 Å². The fraction of sp³-hybridized carbons (Fsp3) is 0.256. The van der Waals surface area contributed by atoms with E-state index in [1.807, 2.05) is 54.6 Å². The summed E-state index contributed by atoms with van der Waals surface area (Å²) < 4.78 is 6.68. The van der Waals surface area contributed by atoms with Crippen LogP contribution in [0, 0.1) is 11.8 Å². The van der Waals surface area contributed by atoms with Crippen molar-refractivity contribution in [2.75, 3.05) is 0 Å². The average molecular weight is 681 g/mol. The molecular weight excluding hydrogens is 644 g/mol. The first-order valence-electron chi connectivity index (χ1n) is 17.6. The van der Waals surface area contributed by atoms with Gasteiger partial charge >= 0.3 is 0 Å². The van der Waals surface area contributed by atoms with Crippen LogP contribution in [-0.2, 0) is 0 Å². The molecule has 0 spiro atoms. The van der Waals surface area contributed by atoms with E-state index in [4.69, 9.17) is 4.74 Å². The monoisotopic (exact) mass is 680 g/mol. The second kappa shape index (κ2) is 10.9. The lowest BCUT2D eigenvalue weighted by Gasteiger charge is -2.34. The second-order valence-corrected chi connectivity index (χ2v) is 14.5. The van der Waals surface area contributed by atoms with Gasteiger partial charge in [0.15, 0.2) is 0 Å². The third-order valence-electron chi connectivity index (χ3n) is 11.8. The molecule has 8 unspecified atom stereocenters. The highest BCUT2D eigenvalue weighted by atomic mass is 16.5. The summed E-state index contributed by atoms with van der Waals surface area (Å²) in [6.07, 6.45) is 9.38. The summed E-state index contributed by atoms with van der Waals surface area (Å²) in [7, 11) is 0. The molecule has 8 atom stereocenters. The van der Waals surface area contributed by atoms with Gasteiger partial charge in [-0.15, -0.1) is 0 Å². The fourth-order valence-electron chi connectivity index (χ4n) is 9.30. The van der Waals surface area contributed by atoms with E-state index >= 15 is 0 Å². The lowest BCUT2D eigenvalue weighted by atomic mass is 9.73. The maximum Gasteiger partial charge on any atom is 0.144 e. The summed E-state index contributed by atoms with van der Waals surface area (Å²) in [5, 5.41) is 80.5. The largest absolute Gasteiger partial charge is 0.509 e. The summed E-state index contributed by atoms with van der Waals surface area (Å²) in [4.78, 5) is 0. The van der Waals surface area contributed by atoms with Gasteiger partial charge in [-0.3, -0.25) is 0 Å². The quantitative estimate of drug-likeness (QED) is 0.206. The minimum absolute atomic E-state index is 0.0438. The number of benzene rings is 3. The SMILES string of the molecule is OC1=Cc2c(c(C3=CCCC=C3c3ccccc3)c3c(c2-c2cccc4c2C2C=CC5=C(C=CC6CC56)C2O4)=C(O)C(O)C(O)C=3O)C(O)C1O. The Morgan fingerprint density at radius 3 is 2.12 bits per heavy atom. The van der Waals surface area contributed by atoms with Gasteiger partial charge in [0.2, 0.25) is 0 Å². The Bertz CT molecular complexity index is 2390. The Hall–Kier alpha value is -5.12. The molecule has 3 aromatic carbocycles. The van der Waals surface area contributed by atoms with E-state index in [0.29, 0.717) is 51.8 Å². The molecule has 8 heteroatoms. The van der Waals surface area contributed by atoms with Crippen LogP contribution in [0.1, 0.15) is 59.1 Å². The maximum atomic E-state index is 11.9. The highest BCUT2D eigenvalue weighted by molar-refractivity contribution is 6.08. The summed E-state index contributed by atoms with van der Waals surface area (Å²) in [6.45, 7) is 0. The van der Waals surface area contributed by atoms with E-state index in [2.05, 4.69) is 30.4 Å². The number of rotatable bonds is 3. The highest BCUT2D eigenvalue weighted by Crippen LogP contribution is 2.56. The van der Waals surface area contributed by atoms with Crippen molar-refractivity contribution in [3.05, 3.63) is 140 Å². The molecule has 0 bridgehead atoms. The number of fused-ring (bicyclic) bond motifs is 8. The minimum atomic E-state index is -1.87. The molecule has 8 nitrogen and oxygen atoms in total. The van der Waals surface area contributed by atoms with Crippen LogP contribution in [0.3, 0.4) is 0 Å². The van der Waals surface area contributed by atoms with Crippen molar-refractivity contribution < 1.29 is 40.5 Å². The molecule has 7 N–H and O–H groups in total. The average Bonchev–Trinajstić information content (AvgIpc) is 3.86. The van der Waals surface area contributed by atoms with E-state index in [1.165, 1.54) is 11.6 Å². The van der Waals surface area contributed by atoms with Crippen LogP contribution in [0.25, 0.3) is 39.9 Å². The van der Waals surface area contributed by atoms with Crippen LogP contribution in [-0.4, -0.2) is 60.2 Å². The van der Waals surface area contributed by atoms with E-state index in [9.17, 15) is 35.7 Å². The van der Waals surface area contributed by atoms with Gasteiger partial charge in [0, 0.05) is 33.0 Å². The first kappa shape index (κ1) is 30.7. The van der Waals surface area contributed by atoms with Crippen molar-refractivity contribution in [1.29, 1.82) is 0 Å². The van der Waals surface area contributed by atoms with Crippen molar-refractivity contribution in [2.45, 2.75) is 55.7 Å². The van der Waals surface area contributed by atoms with Gasteiger partial charge in [-0.1, -0.05) is 78.9 Å². The van der Waals surface area contributed by atoms with Gasteiger partial charge in [0.05, 0.1) is 0 Å². The third kappa shape index (κ3) is 4.22. The topological polar surface area (TPSA) is 151 Å². The van der Waals surface area contributed by atoms with Crippen LogP contribution in [0.15, 0.2) is 102 Å². The second-order valence-electron chi connectivity index (χ2n) is 14.5. The molecule has 1 saturated carbocycles. The molecule has 10 rings (SSSR count). The first-order valence-corrected chi connectivity index (χ1v) is 17.6. The lowest BCUT2D eigenvalue weighted by Crippen LogP contribution is -2.49. The molecule has 7 aliphatic rings. The third-order valence-corrected chi connectivity index (χ3v) is 11.8. The summed E-state index contributed by atoms with van der Waals surface area (Å²) in [5.41, 5.74) is 7.32. The van der Waals surface area contributed by atoms with E-state index in [-0.39, 0.29) is 28.0 Å². The molecule has 0 radical (unpaired) electrons. The van der Waals surface area contributed by atoms with Crippen LogP contribution < -0.4 is 15.2 Å². The van der Waals surface area contributed by atoms with Gasteiger partial charge < -0.3 is 40.5 Å². The molecule has 1 fully saturated rings. The summed E-state index contributed by atoms with van der Waals surface area (Å²) >= 11 is 0. The molecule has 1 heterocycles. The minimum Gasteiger partial charge on any atom is -0.509 e. The smallest absolute Gasteiger partial charge is 0.144 e. The lowest BCUT2D eigenvalue weighted by molar-refractivity contribution is 0.0157. The Kier molecular flexibility index (Phi) is 6.58. The van der Waals surface area contributed by atoms with Crippen LogP contribution in [0.2, 0.25) is 0 Å². The molecule has 0 saturated heterocycles. The van der Waals surface area contributed by atoms with Gasteiger partial charge in [-0.2, -0.15) is 0 Å². The van der Waals surface area contributed by atoms with Crippen LogP contribution in [0.5, 0.6) is 5.75 Å². The van der Waals surface area contributed by atoms with Gasteiger partial charge in [-0.25, -0.2) is 0 Å². The molecular formula is C43H36O8. The van der Waals surface area contributed by atoms with Crippen molar-refractivity contribution in [3.63, 3.8) is 0 Å². The number of hydrogen-bond donors (Lipinski definition) is 7. The Labute approximate surface area is 293 Å². The predicted octanol–water partition coefficient (Wildman–Crippen LogP) is 4.91. The number of aliphatic hydroxyl groups excluding tert-OH is 7. The Morgan fingerprint density at radius 2 is 1.35 bits per heavy atom. The highest BCUT2D eigenvalue weighted by Gasteiger charge is 2.48. The zero-order chi connectivity index (χ0) is 34.9. The normalized spacial score (nSPS) is 30.9. The zero-order valence-electron chi connectivity index (χ0n) is 27.4. The van der Waals surface area contributed by atoms with Crippen molar-refractivity contribution in [3.8, 4) is 16.9 Å². The predicted molar refractivity (Wildman–Crippen MR) is 192 cm³/mol. The molecule has 51 heavy (non-hydrogen) atoms. The molecule has 256 valence electrons. The zero-order valence-corrected chi connectivity index (χ0v) is 27.4. The Morgan fingerprint density at radius 1 is 0.647 bits per heavy atom. The van der Waals surface area contributed by atoms with Crippen molar-refractivity contribution in [1.82, 2.24) is 0 Å². The van der Waals surface area contributed by atoms with E-state index < -0.39 is 41.7 Å². The van der Waals surface area contributed by atoms with Crippen LogP contribution in [0.4, 0.5) is 0 Å². The van der Waals surface area contributed by atoms with Crippen molar-refractivity contribution in [2.24, 2.45) is 11.8 Å². The molecule has 0 aromatic heterocycles. The molecule has 3 aromatic rings. The number of ether oxygens (including phenoxy) is 1. The first-order chi connectivity index (χ1) is 24.7.